The highest BCUT2D eigenvalue weighted by Gasteiger charge is 2.15. The summed E-state index contributed by atoms with van der Waals surface area (Å²) in [5.41, 5.74) is 0.291. The van der Waals surface area contributed by atoms with Crippen LogP contribution in [-0.4, -0.2) is 21.1 Å². The van der Waals surface area contributed by atoms with Crippen LogP contribution in [0.15, 0.2) is 69.7 Å². The van der Waals surface area contributed by atoms with E-state index in [1.807, 2.05) is 0 Å². The van der Waals surface area contributed by atoms with Crippen molar-refractivity contribution in [1.29, 1.82) is 0 Å². The first-order chi connectivity index (χ1) is 12.7. The zero-order chi connectivity index (χ0) is 17.9. The van der Waals surface area contributed by atoms with Crippen molar-refractivity contribution < 1.29 is 18.0 Å². The Balaban J connectivity index is 1.57. The highest BCUT2D eigenvalue weighted by molar-refractivity contribution is 6.04. The normalized spacial score (nSPS) is 10.7. The number of rotatable bonds is 4. The molecular formula is C18H11FN4O3. The van der Waals surface area contributed by atoms with Crippen molar-refractivity contribution in [3.05, 3.63) is 72.2 Å². The van der Waals surface area contributed by atoms with Gasteiger partial charge in [-0.05, 0) is 36.4 Å². The van der Waals surface area contributed by atoms with E-state index in [0.717, 1.165) is 0 Å². The largest absolute Gasteiger partial charge is 0.459 e. The highest BCUT2D eigenvalue weighted by Crippen LogP contribution is 2.23. The van der Waals surface area contributed by atoms with Gasteiger partial charge in [0, 0.05) is 0 Å². The van der Waals surface area contributed by atoms with Gasteiger partial charge in [-0.3, -0.25) is 4.79 Å². The average molecular weight is 350 g/mol. The molecule has 3 heterocycles. The molecule has 0 saturated carbocycles. The smallest absolute Gasteiger partial charge is 0.283 e. The number of furan rings is 1. The quantitative estimate of drug-likeness (QED) is 0.602. The zero-order valence-corrected chi connectivity index (χ0v) is 13.2. The van der Waals surface area contributed by atoms with Crippen LogP contribution >= 0.6 is 0 Å². The van der Waals surface area contributed by atoms with Crippen LogP contribution < -0.4 is 5.32 Å². The number of hydrogen-bond acceptors (Lipinski definition) is 6. The third-order valence-corrected chi connectivity index (χ3v) is 3.49. The van der Waals surface area contributed by atoms with Crippen LogP contribution in [-0.2, 0) is 0 Å². The molecule has 7 nitrogen and oxygen atoms in total. The van der Waals surface area contributed by atoms with Crippen molar-refractivity contribution in [2.24, 2.45) is 0 Å². The van der Waals surface area contributed by atoms with Gasteiger partial charge < -0.3 is 14.2 Å². The second-order valence-electron chi connectivity index (χ2n) is 5.23. The number of halogens is 1. The van der Waals surface area contributed by atoms with Crippen LogP contribution in [0.3, 0.4) is 0 Å². The minimum absolute atomic E-state index is 0.0717. The van der Waals surface area contributed by atoms with E-state index in [1.54, 1.807) is 36.4 Å². The summed E-state index contributed by atoms with van der Waals surface area (Å²) in [5, 5.41) is 10.4. The summed E-state index contributed by atoms with van der Waals surface area (Å²) in [4.78, 5) is 16.4. The molecule has 8 heteroatoms. The lowest BCUT2D eigenvalue weighted by molar-refractivity contribution is 0.102. The lowest BCUT2D eigenvalue weighted by atomic mass is 10.2. The van der Waals surface area contributed by atoms with Crippen molar-refractivity contribution in [2.45, 2.75) is 0 Å². The first kappa shape index (κ1) is 15.7. The van der Waals surface area contributed by atoms with E-state index in [9.17, 15) is 9.18 Å². The Hall–Kier alpha value is -3.81. The summed E-state index contributed by atoms with van der Waals surface area (Å²) < 4.78 is 24.4. The topological polar surface area (TPSA) is 94.1 Å². The van der Waals surface area contributed by atoms with Gasteiger partial charge in [0.25, 0.3) is 17.7 Å². The van der Waals surface area contributed by atoms with Gasteiger partial charge in [-0.15, -0.1) is 10.2 Å². The van der Waals surface area contributed by atoms with E-state index in [4.69, 9.17) is 8.83 Å². The molecule has 0 bridgehead atoms. The van der Waals surface area contributed by atoms with Crippen molar-refractivity contribution in [3.8, 4) is 23.2 Å². The highest BCUT2D eigenvalue weighted by atomic mass is 19.1. The molecule has 4 rings (SSSR count). The van der Waals surface area contributed by atoms with Gasteiger partial charge in [-0.1, -0.05) is 18.2 Å². The number of nitrogens with zero attached hydrogens (tertiary/aromatic N) is 3. The molecule has 1 N–H and O–H groups in total. The molecule has 0 aliphatic rings. The first-order valence-corrected chi connectivity index (χ1v) is 7.61. The van der Waals surface area contributed by atoms with Crippen molar-refractivity contribution in [2.75, 3.05) is 5.32 Å². The minimum atomic E-state index is -0.610. The molecule has 0 aliphatic heterocycles. The molecule has 1 aromatic carbocycles. The van der Waals surface area contributed by atoms with E-state index >= 15 is 0 Å². The Kier molecular flexibility index (Phi) is 3.98. The van der Waals surface area contributed by atoms with E-state index in [0.29, 0.717) is 11.5 Å². The van der Waals surface area contributed by atoms with Gasteiger partial charge in [-0.25, -0.2) is 9.37 Å². The molecule has 0 saturated heterocycles. The summed E-state index contributed by atoms with van der Waals surface area (Å²) >= 11 is 0. The molecule has 0 spiro atoms. The lowest BCUT2D eigenvalue weighted by Crippen LogP contribution is -2.14. The third kappa shape index (κ3) is 3.07. The van der Waals surface area contributed by atoms with E-state index in [1.165, 1.54) is 24.5 Å². The number of benzene rings is 1. The minimum Gasteiger partial charge on any atom is -0.459 e. The van der Waals surface area contributed by atoms with Crippen molar-refractivity contribution in [1.82, 2.24) is 15.2 Å². The molecule has 26 heavy (non-hydrogen) atoms. The van der Waals surface area contributed by atoms with Crippen LogP contribution in [0.5, 0.6) is 0 Å². The molecule has 3 aromatic heterocycles. The number of anilines is 1. The number of carbonyl (C=O) groups is 1. The summed E-state index contributed by atoms with van der Waals surface area (Å²) in [7, 11) is 0. The molecule has 0 radical (unpaired) electrons. The number of aromatic nitrogens is 3. The Labute approximate surface area is 146 Å². The van der Waals surface area contributed by atoms with Gasteiger partial charge in [0.15, 0.2) is 5.76 Å². The first-order valence-electron chi connectivity index (χ1n) is 7.61. The third-order valence-electron chi connectivity index (χ3n) is 3.49. The van der Waals surface area contributed by atoms with E-state index in [2.05, 4.69) is 20.5 Å². The maximum atomic E-state index is 13.7. The molecular weight excluding hydrogens is 339 g/mol. The Morgan fingerprint density at radius 2 is 1.81 bits per heavy atom. The Morgan fingerprint density at radius 3 is 2.62 bits per heavy atom. The molecule has 0 aliphatic carbocycles. The maximum absolute atomic E-state index is 13.7. The second-order valence-corrected chi connectivity index (χ2v) is 5.23. The Morgan fingerprint density at radius 1 is 0.962 bits per heavy atom. The fourth-order valence-corrected chi connectivity index (χ4v) is 2.28. The van der Waals surface area contributed by atoms with Gasteiger partial charge in [-0.2, -0.15) is 0 Å². The van der Waals surface area contributed by atoms with Crippen LogP contribution in [0.1, 0.15) is 10.4 Å². The lowest BCUT2D eigenvalue weighted by Gasteiger charge is -2.06. The number of hydrogen-bond donors (Lipinski definition) is 1. The molecule has 0 atom stereocenters. The average Bonchev–Trinajstić information content (AvgIpc) is 3.34. The summed E-state index contributed by atoms with van der Waals surface area (Å²) in [5.74, 6) is -0.164. The monoisotopic (exact) mass is 350 g/mol. The van der Waals surface area contributed by atoms with Gasteiger partial charge >= 0.3 is 0 Å². The predicted octanol–water partition coefficient (Wildman–Crippen LogP) is 3.78. The SMILES string of the molecule is O=C(Nc1cccc(-c2nnc(-c3ccco3)o2)n1)c1ccccc1F. The van der Waals surface area contributed by atoms with Gasteiger partial charge in [0.1, 0.15) is 17.3 Å². The standard InChI is InChI=1S/C18H11FN4O3/c19-12-6-2-1-5-11(12)16(24)21-15-9-3-7-13(20-15)17-22-23-18(26-17)14-8-4-10-25-14/h1-10H,(H,20,21,24). The molecule has 0 unspecified atom stereocenters. The fourth-order valence-electron chi connectivity index (χ4n) is 2.28. The van der Waals surface area contributed by atoms with Crippen LogP contribution in [0.25, 0.3) is 23.2 Å². The number of nitrogens with one attached hydrogen (secondary N) is 1. The maximum Gasteiger partial charge on any atom is 0.283 e. The van der Waals surface area contributed by atoms with E-state index in [-0.39, 0.29) is 23.2 Å². The van der Waals surface area contributed by atoms with E-state index < -0.39 is 11.7 Å². The van der Waals surface area contributed by atoms with Gasteiger partial charge in [0.05, 0.1) is 11.8 Å². The molecule has 0 fully saturated rings. The Bertz CT molecular complexity index is 1060. The number of carbonyl (C=O) groups excluding carboxylic acids is 1. The van der Waals surface area contributed by atoms with Crippen LogP contribution in [0.2, 0.25) is 0 Å². The molecule has 1 amide bonds. The van der Waals surface area contributed by atoms with Gasteiger partial charge in [0.2, 0.25) is 0 Å². The molecule has 128 valence electrons. The molecule has 4 aromatic rings. The second kappa shape index (κ2) is 6.60. The zero-order valence-electron chi connectivity index (χ0n) is 13.2. The van der Waals surface area contributed by atoms with Crippen molar-refractivity contribution >= 4 is 11.7 Å². The summed E-state index contributed by atoms with van der Waals surface area (Å²) in [6, 6.07) is 14.0. The summed E-state index contributed by atoms with van der Waals surface area (Å²) in [6.07, 6.45) is 1.50. The fraction of sp³-hybridized carbons (Fsp3) is 0. The number of pyridine rings is 1. The predicted molar refractivity (Wildman–Crippen MR) is 89.6 cm³/mol. The van der Waals surface area contributed by atoms with Crippen LogP contribution in [0.4, 0.5) is 10.2 Å². The number of amides is 1. The van der Waals surface area contributed by atoms with Crippen LogP contribution in [0, 0.1) is 5.82 Å². The summed E-state index contributed by atoms with van der Waals surface area (Å²) in [6.45, 7) is 0. The van der Waals surface area contributed by atoms with Crippen molar-refractivity contribution in [3.63, 3.8) is 0 Å².